The number of amides is 5. The number of aliphatic hydroxyl groups is 1. The molecule has 3 rings (SSSR count). The Morgan fingerprint density at radius 2 is 1.77 bits per heavy atom. The summed E-state index contributed by atoms with van der Waals surface area (Å²) < 4.78 is 0. The maximum Gasteiger partial charge on any atom is 0.318 e. The van der Waals surface area contributed by atoms with Gasteiger partial charge in [-0.2, -0.15) is 0 Å². The van der Waals surface area contributed by atoms with Crippen LogP contribution in [-0.4, -0.2) is 89.2 Å². The summed E-state index contributed by atoms with van der Waals surface area (Å²) >= 11 is 0. The lowest BCUT2D eigenvalue weighted by Crippen LogP contribution is -2.53. The Hall–Kier alpha value is -2.40. The highest BCUT2D eigenvalue weighted by atomic mass is 16.3. The Bertz CT molecular complexity index is 772. The van der Waals surface area contributed by atoms with E-state index < -0.39 is 30.3 Å². The molecule has 198 valence electrons. The van der Waals surface area contributed by atoms with Gasteiger partial charge in [0.1, 0.15) is 6.04 Å². The molecule has 3 fully saturated rings. The summed E-state index contributed by atoms with van der Waals surface area (Å²) in [6.45, 7) is 5.96. The third-order valence-electron chi connectivity index (χ3n) is 7.06. The van der Waals surface area contributed by atoms with Crippen molar-refractivity contribution in [2.24, 2.45) is 0 Å². The summed E-state index contributed by atoms with van der Waals surface area (Å²) in [6.07, 6.45) is 4.49. The fourth-order valence-electron chi connectivity index (χ4n) is 5.12. The number of carbonyl (C=O) groups is 4. The molecule has 3 aliphatic rings. The Labute approximate surface area is 207 Å². The van der Waals surface area contributed by atoms with Gasteiger partial charge in [-0.25, -0.2) is 4.79 Å². The molecule has 2 heterocycles. The van der Waals surface area contributed by atoms with Crippen molar-refractivity contribution in [1.29, 1.82) is 0 Å². The molecule has 11 heteroatoms. The van der Waals surface area contributed by atoms with E-state index in [1.807, 2.05) is 13.8 Å². The van der Waals surface area contributed by atoms with Crippen LogP contribution in [0.25, 0.3) is 0 Å². The third kappa shape index (κ3) is 7.79. The van der Waals surface area contributed by atoms with Gasteiger partial charge >= 0.3 is 6.03 Å². The topological polar surface area (TPSA) is 152 Å². The Balaban J connectivity index is 1.73. The number of rotatable bonds is 3. The van der Waals surface area contributed by atoms with Crippen molar-refractivity contribution in [3.8, 4) is 0 Å². The first-order chi connectivity index (χ1) is 16.6. The summed E-state index contributed by atoms with van der Waals surface area (Å²) in [7, 11) is 0. The standard InChI is InChI=1S/C24H42N6O5/c1-14(2)26-24(35)30-13-17-11-19(30)23(34)25-10-6-9-18(28-16-7-4-5-8-16)22(33)27-15(3)20(31)12-21(32)29-17/h14-20,28,31H,4-13H2,1-3H3,(H,25,34)(H,26,35)(H,27,33)(H,29,32)/t15-,17-,18?,19-,20-/m0/s1. The van der Waals surface area contributed by atoms with Gasteiger partial charge in [0.25, 0.3) is 0 Å². The van der Waals surface area contributed by atoms with Crippen molar-refractivity contribution >= 4 is 23.8 Å². The highest BCUT2D eigenvalue weighted by Gasteiger charge is 2.40. The molecule has 1 saturated carbocycles. The van der Waals surface area contributed by atoms with Crippen molar-refractivity contribution < 1.29 is 24.3 Å². The number of carbonyl (C=O) groups excluding carboxylic acids is 4. The Morgan fingerprint density at radius 1 is 1.06 bits per heavy atom. The van der Waals surface area contributed by atoms with Gasteiger partial charge < -0.3 is 36.6 Å². The molecule has 2 saturated heterocycles. The minimum absolute atomic E-state index is 0.0903. The van der Waals surface area contributed by atoms with Crippen LogP contribution in [0.1, 0.15) is 72.1 Å². The average molecular weight is 495 g/mol. The van der Waals surface area contributed by atoms with Crippen molar-refractivity contribution in [2.75, 3.05) is 13.1 Å². The molecule has 0 aromatic rings. The highest BCUT2D eigenvalue weighted by molar-refractivity contribution is 5.88. The van der Waals surface area contributed by atoms with E-state index in [1.54, 1.807) is 6.92 Å². The number of nitrogens with one attached hydrogen (secondary N) is 5. The van der Waals surface area contributed by atoms with Crippen LogP contribution in [0.15, 0.2) is 0 Å². The van der Waals surface area contributed by atoms with Gasteiger partial charge in [0, 0.05) is 31.2 Å². The second-order valence-electron chi connectivity index (χ2n) is 10.5. The zero-order valence-corrected chi connectivity index (χ0v) is 21.1. The number of hydrogen-bond acceptors (Lipinski definition) is 6. The summed E-state index contributed by atoms with van der Waals surface area (Å²) in [5.74, 6) is -0.869. The first-order valence-corrected chi connectivity index (χ1v) is 13.0. The molecule has 0 aromatic heterocycles. The Morgan fingerprint density at radius 3 is 2.46 bits per heavy atom. The van der Waals surface area contributed by atoms with Gasteiger partial charge in [0.2, 0.25) is 17.7 Å². The van der Waals surface area contributed by atoms with Crippen molar-refractivity contribution in [1.82, 2.24) is 31.5 Å². The molecule has 0 radical (unpaired) electrons. The molecular formula is C24H42N6O5. The number of hydrogen-bond donors (Lipinski definition) is 6. The maximum atomic E-state index is 13.0. The summed E-state index contributed by atoms with van der Waals surface area (Å²) in [5.41, 5.74) is 0. The first kappa shape index (κ1) is 27.2. The molecule has 0 spiro atoms. The van der Waals surface area contributed by atoms with Gasteiger partial charge in [0.05, 0.1) is 24.6 Å². The SMILES string of the molecule is CC(C)NC(=O)N1C[C@@H]2C[C@H]1C(=O)NCCCC(NC1CCCC1)C(=O)N[C@@H](C)[C@@H](O)CC(=O)N2. The quantitative estimate of drug-likeness (QED) is 0.318. The van der Waals surface area contributed by atoms with Gasteiger partial charge in [-0.3, -0.25) is 14.4 Å². The van der Waals surface area contributed by atoms with E-state index in [9.17, 15) is 24.3 Å². The van der Waals surface area contributed by atoms with Crippen LogP contribution >= 0.6 is 0 Å². The van der Waals surface area contributed by atoms with Gasteiger partial charge in [-0.05, 0) is 52.9 Å². The van der Waals surface area contributed by atoms with E-state index in [2.05, 4.69) is 26.6 Å². The van der Waals surface area contributed by atoms with Gasteiger partial charge in [-0.1, -0.05) is 12.8 Å². The van der Waals surface area contributed by atoms with Crippen LogP contribution in [0.2, 0.25) is 0 Å². The Kier molecular flexibility index (Phi) is 9.73. The number of likely N-dealkylation sites (tertiary alicyclic amines) is 1. The van der Waals surface area contributed by atoms with Crippen molar-refractivity contribution in [3.63, 3.8) is 0 Å². The highest BCUT2D eigenvalue weighted by Crippen LogP contribution is 2.21. The molecule has 35 heavy (non-hydrogen) atoms. The minimum Gasteiger partial charge on any atom is -0.390 e. The van der Waals surface area contributed by atoms with Crippen LogP contribution in [0.5, 0.6) is 0 Å². The number of urea groups is 1. The van der Waals surface area contributed by atoms with Crippen LogP contribution < -0.4 is 26.6 Å². The van der Waals surface area contributed by atoms with Crippen molar-refractivity contribution in [2.45, 2.75) is 114 Å². The number of fused-ring (bicyclic) bond motifs is 2. The van der Waals surface area contributed by atoms with Crippen LogP contribution in [0.3, 0.4) is 0 Å². The number of nitrogens with zero attached hydrogens (tertiary/aromatic N) is 1. The molecule has 2 aliphatic heterocycles. The van der Waals surface area contributed by atoms with Crippen LogP contribution in [0.4, 0.5) is 4.79 Å². The molecular weight excluding hydrogens is 452 g/mol. The normalized spacial score (nSPS) is 31.7. The van der Waals surface area contributed by atoms with Gasteiger partial charge in [-0.15, -0.1) is 0 Å². The molecule has 11 nitrogen and oxygen atoms in total. The van der Waals surface area contributed by atoms with E-state index in [4.69, 9.17) is 0 Å². The zero-order valence-electron chi connectivity index (χ0n) is 21.1. The lowest BCUT2D eigenvalue weighted by Gasteiger charge is -2.27. The molecule has 6 N–H and O–H groups in total. The fourth-order valence-corrected chi connectivity index (χ4v) is 5.12. The molecule has 5 amide bonds. The van der Waals surface area contributed by atoms with E-state index in [0.717, 1.165) is 25.7 Å². The molecule has 0 aromatic carbocycles. The second kappa shape index (κ2) is 12.5. The summed E-state index contributed by atoms with van der Waals surface area (Å²) in [6, 6.07) is -2.31. The fraction of sp³-hybridized carbons (Fsp3) is 0.833. The number of aliphatic hydroxyl groups excluding tert-OH is 1. The average Bonchev–Trinajstić information content (AvgIpc) is 3.44. The molecule has 2 bridgehead atoms. The predicted octanol–water partition coefficient (Wildman–Crippen LogP) is -0.270. The van der Waals surface area contributed by atoms with E-state index in [-0.39, 0.29) is 48.8 Å². The summed E-state index contributed by atoms with van der Waals surface area (Å²) in [4.78, 5) is 52.8. The first-order valence-electron chi connectivity index (χ1n) is 13.0. The lowest BCUT2D eigenvalue weighted by atomic mass is 10.0. The third-order valence-corrected chi connectivity index (χ3v) is 7.06. The molecule has 1 unspecified atom stereocenters. The smallest absolute Gasteiger partial charge is 0.318 e. The monoisotopic (exact) mass is 494 g/mol. The summed E-state index contributed by atoms with van der Waals surface area (Å²) in [5, 5.41) is 25.4. The second-order valence-corrected chi connectivity index (χ2v) is 10.5. The molecule has 5 atom stereocenters. The van der Waals surface area contributed by atoms with E-state index in [1.165, 1.54) is 4.90 Å². The maximum absolute atomic E-state index is 13.0. The minimum atomic E-state index is -1.06. The largest absolute Gasteiger partial charge is 0.390 e. The van der Waals surface area contributed by atoms with Crippen LogP contribution in [-0.2, 0) is 14.4 Å². The zero-order chi connectivity index (χ0) is 25.5. The van der Waals surface area contributed by atoms with E-state index in [0.29, 0.717) is 25.8 Å². The van der Waals surface area contributed by atoms with Crippen LogP contribution in [0, 0.1) is 0 Å². The predicted molar refractivity (Wildman–Crippen MR) is 130 cm³/mol. The van der Waals surface area contributed by atoms with Crippen molar-refractivity contribution in [3.05, 3.63) is 0 Å². The van der Waals surface area contributed by atoms with E-state index >= 15 is 0 Å². The van der Waals surface area contributed by atoms with Gasteiger partial charge in [0.15, 0.2) is 0 Å². The lowest BCUT2D eigenvalue weighted by molar-refractivity contribution is -0.128. The molecule has 1 aliphatic carbocycles.